The lowest BCUT2D eigenvalue weighted by molar-refractivity contribution is -0.131. The molecule has 2 rings (SSSR count). The molecule has 1 heterocycles. The molecule has 0 radical (unpaired) electrons. The van der Waals surface area contributed by atoms with Crippen LogP contribution in [-0.2, 0) is 11.2 Å². The van der Waals surface area contributed by atoms with Crippen molar-refractivity contribution in [2.45, 2.75) is 39.5 Å². The van der Waals surface area contributed by atoms with Gasteiger partial charge in [0, 0.05) is 26.1 Å². The van der Waals surface area contributed by atoms with Gasteiger partial charge in [0.1, 0.15) is 0 Å². The van der Waals surface area contributed by atoms with Gasteiger partial charge in [-0.25, -0.2) is 0 Å². The Morgan fingerprint density at radius 1 is 1.25 bits per heavy atom. The van der Waals surface area contributed by atoms with Crippen molar-refractivity contribution in [3.05, 3.63) is 34.9 Å². The second kappa shape index (κ2) is 7.44. The van der Waals surface area contributed by atoms with E-state index in [4.69, 9.17) is 0 Å². The molecule has 1 aliphatic rings. The van der Waals surface area contributed by atoms with Gasteiger partial charge in [-0.3, -0.25) is 4.79 Å². The highest BCUT2D eigenvalue weighted by atomic mass is 16.2. The maximum Gasteiger partial charge on any atom is 0.222 e. The molecule has 3 heteroatoms. The minimum absolute atomic E-state index is 0.318. The number of hydrogen-bond acceptors (Lipinski definition) is 2. The fourth-order valence-electron chi connectivity index (χ4n) is 2.81. The Balaban J connectivity index is 1.78. The predicted molar refractivity (Wildman–Crippen MR) is 82.9 cm³/mol. The van der Waals surface area contributed by atoms with Gasteiger partial charge in [-0.2, -0.15) is 0 Å². The van der Waals surface area contributed by atoms with E-state index in [0.717, 1.165) is 45.4 Å². The molecule has 0 unspecified atom stereocenters. The first-order valence-corrected chi connectivity index (χ1v) is 7.71. The molecule has 1 N–H and O–H groups in total. The average molecular weight is 274 g/mol. The number of nitrogens with zero attached hydrogens (tertiary/aromatic N) is 1. The molecule has 110 valence electrons. The molecule has 1 aliphatic heterocycles. The van der Waals surface area contributed by atoms with Crippen molar-refractivity contribution in [1.29, 1.82) is 0 Å². The summed E-state index contributed by atoms with van der Waals surface area (Å²) < 4.78 is 0. The van der Waals surface area contributed by atoms with Crippen LogP contribution in [0.25, 0.3) is 0 Å². The van der Waals surface area contributed by atoms with Crippen molar-refractivity contribution in [3.63, 3.8) is 0 Å². The molecule has 0 aliphatic carbocycles. The summed E-state index contributed by atoms with van der Waals surface area (Å²) in [6.45, 7) is 8.02. The summed E-state index contributed by atoms with van der Waals surface area (Å²) in [4.78, 5) is 14.2. The zero-order valence-corrected chi connectivity index (χ0v) is 12.7. The molecule has 20 heavy (non-hydrogen) atoms. The molecule has 0 bridgehead atoms. The summed E-state index contributed by atoms with van der Waals surface area (Å²) in [5.41, 5.74) is 4.02. The Labute approximate surface area is 122 Å². The van der Waals surface area contributed by atoms with Crippen LogP contribution in [0.5, 0.6) is 0 Å². The van der Waals surface area contributed by atoms with Crippen molar-refractivity contribution in [2.75, 3.05) is 26.2 Å². The first kappa shape index (κ1) is 15.0. The third kappa shape index (κ3) is 4.34. The van der Waals surface area contributed by atoms with Crippen molar-refractivity contribution >= 4 is 5.91 Å². The number of hydrogen-bond donors (Lipinski definition) is 1. The number of amides is 1. The van der Waals surface area contributed by atoms with Gasteiger partial charge in [-0.1, -0.05) is 23.8 Å². The lowest BCUT2D eigenvalue weighted by atomic mass is 10.0. The minimum atomic E-state index is 0.318. The largest absolute Gasteiger partial charge is 0.341 e. The highest BCUT2D eigenvalue weighted by Crippen LogP contribution is 2.14. The summed E-state index contributed by atoms with van der Waals surface area (Å²) >= 11 is 0. The highest BCUT2D eigenvalue weighted by molar-refractivity contribution is 5.76. The molecule has 1 saturated heterocycles. The van der Waals surface area contributed by atoms with Gasteiger partial charge in [0.05, 0.1) is 0 Å². The molecule has 0 spiro atoms. The number of carbonyl (C=O) groups is 1. The van der Waals surface area contributed by atoms with E-state index in [2.05, 4.69) is 37.4 Å². The van der Waals surface area contributed by atoms with Crippen LogP contribution >= 0.6 is 0 Å². The third-order valence-corrected chi connectivity index (χ3v) is 4.03. The summed E-state index contributed by atoms with van der Waals surface area (Å²) in [5, 5.41) is 3.33. The van der Waals surface area contributed by atoms with Gasteiger partial charge in [0.25, 0.3) is 0 Å². The van der Waals surface area contributed by atoms with Crippen molar-refractivity contribution in [1.82, 2.24) is 10.2 Å². The summed E-state index contributed by atoms with van der Waals surface area (Å²) in [5.74, 6) is 0.318. The summed E-state index contributed by atoms with van der Waals surface area (Å²) in [6, 6.07) is 6.58. The third-order valence-electron chi connectivity index (χ3n) is 4.03. The van der Waals surface area contributed by atoms with Crippen LogP contribution in [0.15, 0.2) is 18.2 Å². The number of carbonyl (C=O) groups excluding carboxylic acids is 1. The SMILES string of the molecule is Cc1ccc(CCCC(=O)N2CCCNCC2)c(C)c1. The first-order valence-electron chi connectivity index (χ1n) is 7.71. The Kier molecular flexibility index (Phi) is 5.60. The Morgan fingerprint density at radius 2 is 2.10 bits per heavy atom. The van der Waals surface area contributed by atoms with Crippen molar-refractivity contribution in [3.8, 4) is 0 Å². The zero-order valence-electron chi connectivity index (χ0n) is 12.7. The molecule has 1 amide bonds. The van der Waals surface area contributed by atoms with E-state index < -0.39 is 0 Å². The van der Waals surface area contributed by atoms with Gasteiger partial charge in [-0.15, -0.1) is 0 Å². The van der Waals surface area contributed by atoms with Gasteiger partial charge >= 0.3 is 0 Å². The van der Waals surface area contributed by atoms with Crippen LogP contribution in [-0.4, -0.2) is 37.0 Å². The fraction of sp³-hybridized carbons (Fsp3) is 0.588. The van der Waals surface area contributed by atoms with E-state index in [9.17, 15) is 4.79 Å². The molecule has 1 aromatic rings. The van der Waals surface area contributed by atoms with E-state index in [1.54, 1.807) is 0 Å². The van der Waals surface area contributed by atoms with Crippen LogP contribution in [0.3, 0.4) is 0 Å². The molecule has 1 fully saturated rings. The molecule has 1 aromatic carbocycles. The number of rotatable bonds is 4. The Bertz CT molecular complexity index is 448. The standard InChI is InChI=1S/C17H26N2O/c1-14-7-8-16(15(2)13-14)5-3-6-17(20)19-11-4-9-18-10-12-19/h7-8,13,18H,3-6,9-12H2,1-2H3. The summed E-state index contributed by atoms with van der Waals surface area (Å²) in [7, 11) is 0. The van der Waals surface area contributed by atoms with Crippen LogP contribution in [0.1, 0.15) is 36.0 Å². The molecular formula is C17H26N2O. The van der Waals surface area contributed by atoms with Gasteiger partial charge in [0.2, 0.25) is 5.91 Å². The van der Waals surface area contributed by atoms with Gasteiger partial charge in [0.15, 0.2) is 0 Å². The molecule has 0 atom stereocenters. The van der Waals surface area contributed by atoms with E-state index in [0.29, 0.717) is 12.3 Å². The monoisotopic (exact) mass is 274 g/mol. The second-order valence-electron chi connectivity index (χ2n) is 5.77. The quantitative estimate of drug-likeness (QED) is 0.914. The van der Waals surface area contributed by atoms with Crippen molar-refractivity contribution < 1.29 is 4.79 Å². The first-order chi connectivity index (χ1) is 9.66. The van der Waals surface area contributed by atoms with Crippen LogP contribution in [0.4, 0.5) is 0 Å². The van der Waals surface area contributed by atoms with E-state index >= 15 is 0 Å². The molecule has 0 aromatic heterocycles. The van der Waals surface area contributed by atoms with Crippen LogP contribution in [0.2, 0.25) is 0 Å². The normalized spacial score (nSPS) is 16.0. The van der Waals surface area contributed by atoms with Crippen molar-refractivity contribution in [2.24, 2.45) is 0 Å². The van der Waals surface area contributed by atoms with Crippen LogP contribution in [0, 0.1) is 13.8 Å². The molecule has 0 saturated carbocycles. The second-order valence-corrected chi connectivity index (χ2v) is 5.77. The lowest BCUT2D eigenvalue weighted by Crippen LogP contribution is -2.34. The minimum Gasteiger partial charge on any atom is -0.341 e. The van der Waals surface area contributed by atoms with Crippen LogP contribution < -0.4 is 5.32 Å². The predicted octanol–water partition coefficient (Wildman–Crippen LogP) is 2.45. The lowest BCUT2D eigenvalue weighted by Gasteiger charge is -2.20. The van der Waals surface area contributed by atoms with Gasteiger partial charge < -0.3 is 10.2 Å². The fourth-order valence-corrected chi connectivity index (χ4v) is 2.81. The smallest absolute Gasteiger partial charge is 0.222 e. The average Bonchev–Trinajstić information content (AvgIpc) is 2.70. The Hall–Kier alpha value is -1.35. The maximum absolute atomic E-state index is 12.2. The van der Waals surface area contributed by atoms with E-state index in [1.807, 2.05) is 4.90 Å². The van der Waals surface area contributed by atoms with Gasteiger partial charge in [-0.05, 0) is 50.8 Å². The topological polar surface area (TPSA) is 32.3 Å². The van der Waals surface area contributed by atoms with E-state index in [1.165, 1.54) is 16.7 Å². The number of nitrogens with one attached hydrogen (secondary N) is 1. The summed E-state index contributed by atoms with van der Waals surface area (Å²) in [6.07, 6.45) is 3.70. The number of benzene rings is 1. The molecular weight excluding hydrogens is 248 g/mol. The number of aryl methyl sites for hydroxylation is 3. The maximum atomic E-state index is 12.2. The zero-order chi connectivity index (χ0) is 14.4. The highest BCUT2D eigenvalue weighted by Gasteiger charge is 2.14. The Morgan fingerprint density at radius 3 is 2.90 bits per heavy atom. The van der Waals surface area contributed by atoms with E-state index in [-0.39, 0.29) is 0 Å². The molecule has 3 nitrogen and oxygen atoms in total.